The highest BCUT2D eigenvalue weighted by atomic mass is 31.2. The number of alkyl halides is 2. The Bertz CT molecular complexity index is 908. The molecule has 12 heteroatoms. The maximum Gasteiger partial charge on any atom is 0.399 e. The first-order valence-electron chi connectivity index (χ1n) is 9.04. The van der Waals surface area contributed by atoms with Gasteiger partial charge in [0.1, 0.15) is 0 Å². The molecule has 0 aromatic carbocycles. The van der Waals surface area contributed by atoms with Crippen molar-refractivity contribution in [2.24, 2.45) is 11.8 Å². The summed E-state index contributed by atoms with van der Waals surface area (Å²) >= 11 is 0. The van der Waals surface area contributed by atoms with Gasteiger partial charge in [-0.05, 0) is 19.8 Å². The number of H-pyrrole nitrogens is 1. The Hall–Kier alpha value is -1.68. The zero-order valence-electron chi connectivity index (χ0n) is 15.6. The SMILES string of the molecule is CCOP(=O)(OCC)C(F)(F)C[C@@H]1COC[C@@H]1Cn1cnc2c(=O)[nH]cnc21. The maximum absolute atomic E-state index is 14.8. The standard InChI is InChI=1S/C16H23F2N4O5P/c1-3-26-28(24,27-4-2)16(17,18)5-11-7-25-8-12(11)6-22-10-21-13-14(22)19-9-20-15(13)23/h9-12H,3-8H2,1-2H3,(H,19,20,23)/t11-,12+/m1/s1. The average Bonchev–Trinajstić information content (AvgIpc) is 3.24. The molecule has 0 aliphatic carbocycles. The third-order valence-corrected chi connectivity index (χ3v) is 6.86. The van der Waals surface area contributed by atoms with Crippen LogP contribution in [-0.4, -0.2) is 51.6 Å². The Morgan fingerprint density at radius 2 is 1.96 bits per heavy atom. The largest absolute Gasteiger partial charge is 0.399 e. The van der Waals surface area contributed by atoms with Gasteiger partial charge in [-0.15, -0.1) is 0 Å². The van der Waals surface area contributed by atoms with Gasteiger partial charge in [-0.3, -0.25) is 9.36 Å². The molecule has 0 unspecified atom stereocenters. The molecule has 1 fully saturated rings. The molecular formula is C16H23F2N4O5P. The average molecular weight is 420 g/mol. The van der Waals surface area contributed by atoms with Gasteiger partial charge in [-0.25, -0.2) is 9.97 Å². The van der Waals surface area contributed by atoms with Crippen molar-refractivity contribution >= 4 is 18.8 Å². The van der Waals surface area contributed by atoms with Crippen LogP contribution in [0.1, 0.15) is 20.3 Å². The Balaban J connectivity index is 1.78. The van der Waals surface area contributed by atoms with Crippen molar-refractivity contribution in [1.82, 2.24) is 19.5 Å². The van der Waals surface area contributed by atoms with E-state index in [9.17, 15) is 18.1 Å². The number of hydrogen-bond donors (Lipinski definition) is 1. The molecule has 0 bridgehead atoms. The molecule has 0 saturated carbocycles. The predicted molar refractivity (Wildman–Crippen MR) is 96.4 cm³/mol. The van der Waals surface area contributed by atoms with Crippen LogP contribution >= 0.6 is 7.60 Å². The zero-order valence-corrected chi connectivity index (χ0v) is 16.5. The zero-order chi connectivity index (χ0) is 20.4. The van der Waals surface area contributed by atoms with Gasteiger partial charge in [0.25, 0.3) is 5.56 Å². The van der Waals surface area contributed by atoms with Gasteiger partial charge in [-0.2, -0.15) is 8.78 Å². The lowest BCUT2D eigenvalue weighted by Gasteiger charge is -2.29. The molecule has 0 amide bonds. The highest BCUT2D eigenvalue weighted by Gasteiger charge is 2.55. The summed E-state index contributed by atoms with van der Waals surface area (Å²) in [5.41, 5.74) is -3.46. The minimum atomic E-state index is -4.58. The maximum atomic E-state index is 14.8. The molecule has 9 nitrogen and oxygen atoms in total. The highest BCUT2D eigenvalue weighted by molar-refractivity contribution is 7.55. The van der Waals surface area contributed by atoms with Gasteiger partial charge < -0.3 is 23.3 Å². The quantitative estimate of drug-likeness (QED) is 0.621. The molecule has 1 aliphatic rings. The second kappa shape index (κ2) is 8.36. The lowest BCUT2D eigenvalue weighted by molar-refractivity contribution is 0.0118. The topological polar surface area (TPSA) is 108 Å². The first-order valence-corrected chi connectivity index (χ1v) is 10.6. The Morgan fingerprint density at radius 1 is 1.29 bits per heavy atom. The molecule has 1 aliphatic heterocycles. The minimum absolute atomic E-state index is 0.110. The van der Waals surface area contributed by atoms with Crippen LogP contribution in [0, 0.1) is 11.8 Å². The van der Waals surface area contributed by atoms with Crippen molar-refractivity contribution in [2.45, 2.75) is 32.5 Å². The monoisotopic (exact) mass is 420 g/mol. The number of nitrogens with one attached hydrogen (secondary N) is 1. The number of rotatable bonds is 9. The van der Waals surface area contributed by atoms with Crippen molar-refractivity contribution in [1.29, 1.82) is 0 Å². The van der Waals surface area contributed by atoms with Crippen LogP contribution in [0.5, 0.6) is 0 Å². The summed E-state index contributed by atoms with van der Waals surface area (Å²) in [7, 11) is -4.58. The van der Waals surface area contributed by atoms with Crippen molar-refractivity contribution in [3.05, 3.63) is 23.0 Å². The summed E-state index contributed by atoms with van der Waals surface area (Å²) < 4.78 is 58.9. The molecular weight excluding hydrogens is 397 g/mol. The summed E-state index contributed by atoms with van der Waals surface area (Å²) in [6.45, 7) is 3.36. The van der Waals surface area contributed by atoms with Crippen LogP contribution in [0.2, 0.25) is 0 Å². The second-order valence-corrected chi connectivity index (χ2v) is 8.73. The molecule has 0 spiro atoms. The molecule has 2 aromatic rings. The fourth-order valence-electron chi connectivity index (χ4n) is 3.34. The van der Waals surface area contributed by atoms with Crippen LogP contribution < -0.4 is 5.56 Å². The molecule has 2 aromatic heterocycles. The molecule has 3 rings (SSSR count). The molecule has 2 atom stereocenters. The van der Waals surface area contributed by atoms with E-state index in [0.717, 1.165) is 0 Å². The van der Waals surface area contributed by atoms with E-state index in [0.29, 0.717) is 12.2 Å². The number of ether oxygens (including phenoxy) is 1. The number of aromatic amines is 1. The van der Waals surface area contributed by atoms with E-state index in [1.807, 2.05) is 0 Å². The van der Waals surface area contributed by atoms with E-state index in [-0.39, 0.29) is 43.4 Å². The van der Waals surface area contributed by atoms with Crippen LogP contribution in [0.25, 0.3) is 11.2 Å². The van der Waals surface area contributed by atoms with Crippen LogP contribution in [0.4, 0.5) is 8.78 Å². The van der Waals surface area contributed by atoms with Crippen molar-refractivity contribution < 1.29 is 27.1 Å². The molecule has 1 saturated heterocycles. The number of halogens is 2. The highest BCUT2D eigenvalue weighted by Crippen LogP contribution is 2.64. The van der Waals surface area contributed by atoms with Crippen LogP contribution in [0.3, 0.4) is 0 Å². The van der Waals surface area contributed by atoms with Gasteiger partial charge in [0, 0.05) is 18.9 Å². The number of aromatic nitrogens is 4. The Morgan fingerprint density at radius 3 is 2.64 bits per heavy atom. The third-order valence-electron chi connectivity index (χ3n) is 4.68. The third kappa shape index (κ3) is 4.03. The lowest BCUT2D eigenvalue weighted by Crippen LogP contribution is -2.29. The van der Waals surface area contributed by atoms with Gasteiger partial charge in [0.2, 0.25) is 0 Å². The normalized spacial score (nSPS) is 20.9. The fourth-order valence-corrected chi connectivity index (χ4v) is 4.93. The van der Waals surface area contributed by atoms with Gasteiger partial charge >= 0.3 is 13.3 Å². The van der Waals surface area contributed by atoms with Crippen LogP contribution in [-0.2, 0) is 24.9 Å². The fraction of sp³-hybridized carbons (Fsp3) is 0.688. The van der Waals surface area contributed by atoms with E-state index < -0.39 is 25.6 Å². The van der Waals surface area contributed by atoms with E-state index in [4.69, 9.17) is 13.8 Å². The summed E-state index contributed by atoms with van der Waals surface area (Å²) in [5.74, 6) is -0.857. The van der Waals surface area contributed by atoms with Crippen LogP contribution in [0.15, 0.2) is 17.4 Å². The van der Waals surface area contributed by atoms with Gasteiger partial charge in [0.05, 0.1) is 39.1 Å². The minimum Gasteiger partial charge on any atom is -0.381 e. The molecule has 156 valence electrons. The van der Waals surface area contributed by atoms with E-state index in [2.05, 4.69) is 15.0 Å². The predicted octanol–water partition coefficient (Wildman–Crippen LogP) is 2.63. The smallest absolute Gasteiger partial charge is 0.381 e. The summed E-state index contributed by atoms with van der Waals surface area (Å²) in [6, 6.07) is 0. The Kier molecular flexibility index (Phi) is 6.28. The summed E-state index contributed by atoms with van der Waals surface area (Å²) in [4.78, 5) is 22.3. The van der Waals surface area contributed by atoms with Crippen molar-refractivity contribution in [3.63, 3.8) is 0 Å². The Labute approximate surface area is 159 Å². The van der Waals surface area contributed by atoms with E-state index >= 15 is 0 Å². The number of imidazole rings is 1. The summed E-state index contributed by atoms with van der Waals surface area (Å²) in [5, 5.41) is 0. The molecule has 1 N–H and O–H groups in total. The van der Waals surface area contributed by atoms with Gasteiger partial charge in [0.15, 0.2) is 11.2 Å². The van der Waals surface area contributed by atoms with E-state index in [1.54, 1.807) is 4.57 Å². The lowest BCUT2D eigenvalue weighted by atomic mass is 9.93. The number of fused-ring (bicyclic) bond motifs is 1. The summed E-state index contributed by atoms with van der Waals surface area (Å²) in [6.07, 6.45) is 2.03. The number of nitrogens with zero attached hydrogens (tertiary/aromatic N) is 3. The number of hydrogen-bond acceptors (Lipinski definition) is 7. The molecule has 3 heterocycles. The van der Waals surface area contributed by atoms with Gasteiger partial charge in [-0.1, -0.05) is 0 Å². The molecule has 0 radical (unpaired) electrons. The van der Waals surface area contributed by atoms with E-state index in [1.165, 1.54) is 26.5 Å². The molecule has 28 heavy (non-hydrogen) atoms. The first-order chi connectivity index (χ1) is 13.3. The first kappa shape index (κ1) is 21.0. The van der Waals surface area contributed by atoms with Crippen molar-refractivity contribution in [2.75, 3.05) is 26.4 Å². The second-order valence-electron chi connectivity index (χ2n) is 6.56. The van der Waals surface area contributed by atoms with Crippen molar-refractivity contribution in [3.8, 4) is 0 Å².